The first-order chi connectivity index (χ1) is 19.2. The van der Waals surface area contributed by atoms with Crippen LogP contribution in [0.2, 0.25) is 0 Å². The molecule has 4 aliphatic rings. The SMILES string of the molecule is C[C@@H]1CC2C3C[C@H](F)C4=CC(=O)C=C[C@]4(C)[C@@]3(F)[C@@H](O)C[C@]2(C)[C@@]1(OC(=O)c1c(F)cccc1F)C(=O)OCC#N. The molecule has 0 aliphatic heterocycles. The second-order valence-corrected chi connectivity index (χ2v) is 12.0. The third kappa shape index (κ3) is 3.69. The highest BCUT2D eigenvalue weighted by Gasteiger charge is 2.79. The first-order valence-electron chi connectivity index (χ1n) is 13.4. The van der Waals surface area contributed by atoms with Gasteiger partial charge >= 0.3 is 11.9 Å². The van der Waals surface area contributed by atoms with E-state index >= 15 is 8.78 Å². The van der Waals surface area contributed by atoms with Gasteiger partial charge in [0.25, 0.3) is 0 Å². The van der Waals surface area contributed by atoms with E-state index in [9.17, 15) is 28.3 Å². The standard InChI is InChI=1S/C30H29F4NO6/c1-15-11-17-18-13-22(33)19-12-16(36)7-8-27(19,2)29(18,34)23(37)14-28(17,3)30(15,26(39)40-10-9-35)41-25(38)24-20(31)5-4-6-21(24)32/h4-8,12,15,17-18,22-23,37H,10-11,13-14H2,1-3H3/t15-,17?,18?,22+,23+,27+,28+,29+,30+/m1/s1. The lowest BCUT2D eigenvalue weighted by molar-refractivity contribution is -0.230. The summed E-state index contributed by atoms with van der Waals surface area (Å²) in [7, 11) is 0. The van der Waals surface area contributed by atoms with Gasteiger partial charge in [-0.3, -0.25) is 4.79 Å². The van der Waals surface area contributed by atoms with Gasteiger partial charge in [0.15, 0.2) is 18.1 Å². The van der Waals surface area contributed by atoms with Crippen LogP contribution in [0.4, 0.5) is 17.6 Å². The molecule has 2 unspecified atom stereocenters. The van der Waals surface area contributed by atoms with E-state index in [1.807, 2.05) is 0 Å². The maximum atomic E-state index is 17.5. The highest BCUT2D eigenvalue weighted by Crippen LogP contribution is 2.71. The minimum atomic E-state index is -2.48. The summed E-state index contributed by atoms with van der Waals surface area (Å²) in [5, 5.41) is 20.6. The fraction of sp³-hybridized carbons (Fsp3) is 0.533. The Balaban J connectivity index is 1.65. The Morgan fingerprint density at radius 1 is 1.17 bits per heavy atom. The Morgan fingerprint density at radius 3 is 2.46 bits per heavy atom. The number of hydrogen-bond acceptors (Lipinski definition) is 7. The summed E-state index contributed by atoms with van der Waals surface area (Å²) < 4.78 is 73.2. The Kier molecular flexibility index (Phi) is 6.73. The summed E-state index contributed by atoms with van der Waals surface area (Å²) in [6, 6.07) is 4.36. The van der Waals surface area contributed by atoms with Gasteiger partial charge in [0.05, 0.1) is 6.10 Å². The minimum Gasteiger partial charge on any atom is -0.447 e. The second-order valence-electron chi connectivity index (χ2n) is 12.0. The van der Waals surface area contributed by atoms with E-state index in [1.165, 1.54) is 26.8 Å². The topological polar surface area (TPSA) is 114 Å². The number of hydrogen-bond donors (Lipinski definition) is 1. The number of carbonyl (C=O) groups excluding carboxylic acids is 3. The molecule has 0 heterocycles. The van der Waals surface area contributed by atoms with Crippen molar-refractivity contribution in [3.63, 3.8) is 0 Å². The zero-order valence-electron chi connectivity index (χ0n) is 22.6. The van der Waals surface area contributed by atoms with Crippen LogP contribution in [0.5, 0.6) is 0 Å². The van der Waals surface area contributed by atoms with Crippen LogP contribution in [0.3, 0.4) is 0 Å². The number of halogens is 4. The molecule has 5 rings (SSSR count). The average molecular weight is 576 g/mol. The quantitative estimate of drug-likeness (QED) is 0.416. The number of esters is 2. The molecule has 0 spiro atoms. The molecule has 1 aromatic rings. The van der Waals surface area contributed by atoms with Crippen LogP contribution in [0.25, 0.3) is 0 Å². The number of aliphatic hydroxyl groups excluding tert-OH is 1. The maximum absolute atomic E-state index is 17.5. The lowest BCUT2D eigenvalue weighted by Crippen LogP contribution is -2.71. The van der Waals surface area contributed by atoms with Gasteiger partial charge in [0.2, 0.25) is 5.60 Å². The van der Waals surface area contributed by atoms with Gasteiger partial charge in [-0.25, -0.2) is 27.2 Å². The number of rotatable bonds is 4. The molecule has 0 aromatic heterocycles. The van der Waals surface area contributed by atoms with Crippen LogP contribution in [0.15, 0.2) is 42.0 Å². The van der Waals surface area contributed by atoms with Crippen LogP contribution in [0.1, 0.15) is 50.4 Å². The Hall–Kier alpha value is -3.52. The fourth-order valence-electron chi connectivity index (χ4n) is 8.31. The van der Waals surface area contributed by atoms with Gasteiger partial charge in [-0.15, -0.1) is 0 Å². The first kappa shape index (κ1) is 29.0. The average Bonchev–Trinajstić information content (AvgIpc) is 3.12. The summed E-state index contributed by atoms with van der Waals surface area (Å²) in [6.45, 7) is 3.66. The Morgan fingerprint density at radius 2 is 1.83 bits per heavy atom. The van der Waals surface area contributed by atoms with E-state index in [4.69, 9.17) is 14.7 Å². The van der Waals surface area contributed by atoms with Crippen molar-refractivity contribution in [2.75, 3.05) is 6.61 Å². The van der Waals surface area contributed by atoms with E-state index in [0.717, 1.165) is 30.4 Å². The molecule has 1 aromatic carbocycles. The molecule has 218 valence electrons. The zero-order chi connectivity index (χ0) is 30.1. The summed E-state index contributed by atoms with van der Waals surface area (Å²) in [5.41, 5.74) is -9.23. The normalized spacial score (nSPS) is 40.9. The number of fused-ring (bicyclic) bond motifs is 5. The second kappa shape index (κ2) is 9.51. The number of ether oxygens (including phenoxy) is 2. The van der Waals surface area contributed by atoms with Crippen LogP contribution in [-0.2, 0) is 19.1 Å². The summed E-state index contributed by atoms with van der Waals surface area (Å²) in [6.07, 6.45) is -1.05. The van der Waals surface area contributed by atoms with E-state index in [0.29, 0.717) is 0 Å². The van der Waals surface area contributed by atoms with Gasteiger partial charge in [0, 0.05) is 22.7 Å². The van der Waals surface area contributed by atoms with Crippen molar-refractivity contribution < 1.29 is 46.5 Å². The number of ketones is 1. The summed E-state index contributed by atoms with van der Waals surface area (Å²) in [4.78, 5) is 39.1. The third-order valence-electron chi connectivity index (χ3n) is 10.2. The van der Waals surface area contributed by atoms with Crippen LogP contribution >= 0.6 is 0 Å². The van der Waals surface area contributed by atoms with E-state index in [-0.39, 0.29) is 12.0 Å². The van der Waals surface area contributed by atoms with Crippen molar-refractivity contribution in [2.24, 2.45) is 28.6 Å². The molecule has 0 amide bonds. The first-order valence-corrected chi connectivity index (χ1v) is 13.4. The number of benzene rings is 1. The molecule has 3 fully saturated rings. The monoisotopic (exact) mass is 575 g/mol. The van der Waals surface area contributed by atoms with Crippen molar-refractivity contribution in [1.29, 1.82) is 5.26 Å². The van der Waals surface area contributed by atoms with Gasteiger partial charge in [-0.1, -0.05) is 26.0 Å². The number of carbonyl (C=O) groups is 3. The number of aliphatic hydroxyl groups is 1. The molecule has 0 saturated heterocycles. The number of nitriles is 1. The smallest absolute Gasteiger partial charge is 0.352 e. The van der Waals surface area contributed by atoms with Gasteiger partial charge < -0.3 is 14.6 Å². The van der Waals surface area contributed by atoms with Gasteiger partial charge in [0.1, 0.15) is 29.4 Å². The van der Waals surface area contributed by atoms with Crippen molar-refractivity contribution >= 4 is 17.7 Å². The Labute approximate surface area is 233 Å². The predicted octanol–water partition coefficient (Wildman–Crippen LogP) is 4.49. The minimum absolute atomic E-state index is 0.00125. The molecule has 1 N–H and O–H groups in total. The Bertz CT molecular complexity index is 1420. The van der Waals surface area contributed by atoms with Crippen LogP contribution in [0, 0.1) is 51.5 Å². The van der Waals surface area contributed by atoms with Gasteiger partial charge in [-0.05, 0) is 62.0 Å². The molecule has 3 saturated carbocycles. The number of allylic oxidation sites excluding steroid dienone is 4. The fourth-order valence-corrected chi connectivity index (χ4v) is 8.31. The van der Waals surface area contributed by atoms with Crippen LogP contribution < -0.4 is 0 Å². The van der Waals surface area contributed by atoms with E-state index in [2.05, 4.69) is 0 Å². The largest absolute Gasteiger partial charge is 0.447 e. The molecule has 11 heteroatoms. The molecular weight excluding hydrogens is 546 g/mol. The lowest BCUT2D eigenvalue weighted by atomic mass is 9.44. The van der Waals surface area contributed by atoms with Crippen molar-refractivity contribution in [2.45, 2.75) is 63.6 Å². The van der Waals surface area contributed by atoms with Crippen LogP contribution in [-0.4, -0.2) is 53.0 Å². The zero-order valence-corrected chi connectivity index (χ0v) is 22.6. The maximum Gasteiger partial charge on any atom is 0.352 e. The molecule has 9 atom stereocenters. The highest BCUT2D eigenvalue weighted by atomic mass is 19.2. The molecular formula is C30H29F4NO6. The molecule has 7 nitrogen and oxygen atoms in total. The lowest BCUT2D eigenvalue weighted by Gasteiger charge is -2.63. The molecule has 0 radical (unpaired) electrons. The molecule has 4 aliphatic carbocycles. The molecule has 0 bridgehead atoms. The van der Waals surface area contributed by atoms with Crippen molar-refractivity contribution in [1.82, 2.24) is 0 Å². The summed E-state index contributed by atoms with van der Waals surface area (Å²) in [5.74, 6) is -8.76. The van der Waals surface area contributed by atoms with E-state index in [1.54, 1.807) is 6.07 Å². The molecule has 41 heavy (non-hydrogen) atoms. The number of alkyl halides is 2. The highest BCUT2D eigenvalue weighted by molar-refractivity contribution is 6.01. The van der Waals surface area contributed by atoms with Gasteiger partial charge in [-0.2, -0.15) is 5.26 Å². The van der Waals surface area contributed by atoms with Crippen molar-refractivity contribution in [3.05, 3.63) is 59.2 Å². The predicted molar refractivity (Wildman–Crippen MR) is 134 cm³/mol. The van der Waals surface area contributed by atoms with E-state index < -0.39 is 106 Å². The third-order valence-corrected chi connectivity index (χ3v) is 10.2. The number of nitrogens with zero attached hydrogens (tertiary/aromatic N) is 1. The summed E-state index contributed by atoms with van der Waals surface area (Å²) >= 11 is 0. The van der Waals surface area contributed by atoms with Crippen molar-refractivity contribution in [3.8, 4) is 6.07 Å².